The van der Waals surface area contributed by atoms with Crippen molar-refractivity contribution in [3.8, 4) is 0 Å². The highest BCUT2D eigenvalue weighted by Crippen LogP contribution is 2.29. The summed E-state index contributed by atoms with van der Waals surface area (Å²) in [6.07, 6.45) is 2.60. The number of amides is 1. The smallest absolute Gasteiger partial charge is 0.348 e. The van der Waals surface area contributed by atoms with E-state index in [-0.39, 0.29) is 30.5 Å². The van der Waals surface area contributed by atoms with Gasteiger partial charge in [0.25, 0.3) is 0 Å². The van der Waals surface area contributed by atoms with Gasteiger partial charge in [0.2, 0.25) is 5.91 Å². The Bertz CT molecular complexity index is 836. The highest BCUT2D eigenvalue weighted by Gasteiger charge is 2.22. The van der Waals surface area contributed by atoms with Gasteiger partial charge in [-0.1, -0.05) is 23.4 Å². The van der Waals surface area contributed by atoms with Crippen LogP contribution in [0.2, 0.25) is 5.02 Å². The van der Waals surface area contributed by atoms with Crippen LogP contribution in [0.4, 0.5) is 5.69 Å². The predicted molar refractivity (Wildman–Crippen MR) is 98.4 cm³/mol. The van der Waals surface area contributed by atoms with Gasteiger partial charge in [-0.05, 0) is 43.5 Å². The normalized spacial score (nSPS) is 12.9. The minimum absolute atomic E-state index is 0.0932. The maximum Gasteiger partial charge on any atom is 0.348 e. The van der Waals surface area contributed by atoms with Crippen LogP contribution in [-0.2, 0) is 24.2 Å². The molecule has 1 aliphatic rings. The van der Waals surface area contributed by atoms with E-state index in [1.54, 1.807) is 28.8 Å². The van der Waals surface area contributed by atoms with E-state index >= 15 is 0 Å². The molecule has 0 spiro atoms. The second-order valence-corrected chi connectivity index (χ2v) is 7.10. The van der Waals surface area contributed by atoms with E-state index in [9.17, 15) is 9.59 Å². The lowest BCUT2D eigenvalue weighted by molar-refractivity contribution is -0.113. The molecule has 3 rings (SSSR count). The predicted octanol–water partition coefficient (Wildman–Crippen LogP) is 2.11. The summed E-state index contributed by atoms with van der Waals surface area (Å²) >= 11 is 7.09. The van der Waals surface area contributed by atoms with Gasteiger partial charge in [-0.25, -0.2) is 4.79 Å². The van der Waals surface area contributed by atoms with Gasteiger partial charge < -0.3 is 10.4 Å². The van der Waals surface area contributed by atoms with Crippen molar-refractivity contribution in [3.05, 3.63) is 51.0 Å². The van der Waals surface area contributed by atoms with E-state index in [1.807, 2.05) is 0 Å². The lowest BCUT2D eigenvalue weighted by atomic mass is 10.2. The van der Waals surface area contributed by atoms with Gasteiger partial charge in [0, 0.05) is 22.0 Å². The van der Waals surface area contributed by atoms with Crippen LogP contribution in [0.5, 0.6) is 0 Å². The molecule has 25 heavy (non-hydrogen) atoms. The summed E-state index contributed by atoms with van der Waals surface area (Å²) in [6, 6.07) is 6.88. The highest BCUT2D eigenvalue weighted by atomic mass is 35.5. The number of halogens is 1. The van der Waals surface area contributed by atoms with Crippen molar-refractivity contribution in [2.75, 3.05) is 17.7 Å². The van der Waals surface area contributed by atoms with E-state index in [1.165, 1.54) is 11.8 Å². The van der Waals surface area contributed by atoms with Crippen molar-refractivity contribution >= 4 is 35.0 Å². The number of nitrogens with one attached hydrogen (secondary N) is 1. The Labute approximate surface area is 154 Å². The van der Waals surface area contributed by atoms with Gasteiger partial charge in [-0.3, -0.25) is 9.36 Å². The molecule has 2 N–H and O–H groups in total. The maximum absolute atomic E-state index is 12.2. The number of benzene rings is 1. The summed E-state index contributed by atoms with van der Waals surface area (Å²) in [6.45, 7) is 0.167. The van der Waals surface area contributed by atoms with Crippen LogP contribution in [0, 0.1) is 0 Å². The molecule has 132 valence electrons. The number of aromatic nitrogens is 2. The van der Waals surface area contributed by atoms with E-state index in [0.29, 0.717) is 15.7 Å². The van der Waals surface area contributed by atoms with Gasteiger partial charge >= 0.3 is 5.69 Å². The molecule has 0 bridgehead atoms. The number of anilines is 1. The lowest BCUT2D eigenvalue weighted by Gasteiger charge is -2.13. The molecule has 1 aromatic heterocycles. The van der Waals surface area contributed by atoms with Crippen molar-refractivity contribution in [1.29, 1.82) is 0 Å². The molecule has 1 aliphatic carbocycles. The van der Waals surface area contributed by atoms with Gasteiger partial charge in [0.15, 0.2) is 0 Å². The summed E-state index contributed by atoms with van der Waals surface area (Å²) in [5.41, 5.74) is 2.27. The first kappa shape index (κ1) is 18.0. The first-order valence-corrected chi connectivity index (χ1v) is 9.36. The molecule has 1 amide bonds. The number of aliphatic hydroxyl groups is 1. The maximum atomic E-state index is 12.2. The Morgan fingerprint density at radius 3 is 2.80 bits per heavy atom. The third kappa shape index (κ3) is 4.23. The van der Waals surface area contributed by atoms with Gasteiger partial charge in [0.1, 0.15) is 5.03 Å². The van der Waals surface area contributed by atoms with Crippen molar-refractivity contribution in [2.45, 2.75) is 30.8 Å². The van der Waals surface area contributed by atoms with Crippen molar-refractivity contribution < 1.29 is 9.90 Å². The summed E-state index contributed by atoms with van der Waals surface area (Å²) in [4.78, 5) is 28.4. The van der Waals surface area contributed by atoms with E-state index in [0.717, 1.165) is 30.5 Å². The van der Waals surface area contributed by atoms with Gasteiger partial charge in [-0.2, -0.15) is 4.98 Å². The standard InChI is InChI=1S/C17H18ClN3O3S/c18-11-4-6-12(7-5-11)19-15(23)10-25-16-13-2-1-3-14(13)21(8-9-22)17(24)20-16/h4-7,22H,1-3,8-10H2,(H,19,23). The summed E-state index contributed by atoms with van der Waals surface area (Å²) in [5.74, 6) is 0.00585. The topological polar surface area (TPSA) is 84.2 Å². The zero-order valence-electron chi connectivity index (χ0n) is 13.5. The number of fused-ring (bicyclic) bond motifs is 1. The molecule has 1 aromatic carbocycles. The molecule has 0 saturated heterocycles. The minimum Gasteiger partial charge on any atom is -0.395 e. The zero-order valence-corrected chi connectivity index (χ0v) is 15.1. The zero-order chi connectivity index (χ0) is 17.8. The fourth-order valence-corrected chi connectivity index (χ4v) is 3.90. The molecule has 0 aliphatic heterocycles. The molecule has 6 nitrogen and oxygen atoms in total. The largest absolute Gasteiger partial charge is 0.395 e. The molecule has 2 aromatic rings. The molecule has 0 saturated carbocycles. The second kappa shape index (κ2) is 8.03. The molecular formula is C17H18ClN3O3S. The van der Waals surface area contributed by atoms with Crippen LogP contribution in [0.3, 0.4) is 0 Å². The number of hydrogen-bond donors (Lipinski definition) is 2. The number of rotatable bonds is 6. The molecule has 0 fully saturated rings. The van der Waals surface area contributed by atoms with Crippen LogP contribution < -0.4 is 11.0 Å². The van der Waals surface area contributed by atoms with Crippen LogP contribution in [0.15, 0.2) is 34.1 Å². The average molecular weight is 380 g/mol. The number of aliphatic hydroxyl groups excluding tert-OH is 1. The number of carbonyl (C=O) groups is 1. The third-order valence-corrected chi connectivity index (χ3v) is 5.26. The summed E-state index contributed by atoms with van der Waals surface area (Å²) < 4.78 is 1.54. The number of carbonyl (C=O) groups excluding carboxylic acids is 1. The summed E-state index contributed by atoms with van der Waals surface area (Å²) in [7, 11) is 0. The Kier molecular flexibility index (Phi) is 5.78. The van der Waals surface area contributed by atoms with Crippen molar-refractivity contribution in [3.63, 3.8) is 0 Å². The fraction of sp³-hybridized carbons (Fsp3) is 0.353. The average Bonchev–Trinajstić information content (AvgIpc) is 3.08. The molecule has 8 heteroatoms. The van der Waals surface area contributed by atoms with Crippen LogP contribution in [-0.4, -0.2) is 32.9 Å². The van der Waals surface area contributed by atoms with Crippen molar-refractivity contribution in [2.24, 2.45) is 0 Å². The summed E-state index contributed by atoms with van der Waals surface area (Å²) in [5, 5.41) is 13.1. The van der Waals surface area contributed by atoms with E-state index in [2.05, 4.69) is 10.3 Å². The van der Waals surface area contributed by atoms with Crippen LogP contribution in [0.25, 0.3) is 0 Å². The highest BCUT2D eigenvalue weighted by molar-refractivity contribution is 8.00. The second-order valence-electron chi connectivity index (χ2n) is 5.70. The first-order valence-electron chi connectivity index (χ1n) is 8.00. The fourth-order valence-electron chi connectivity index (χ4n) is 2.90. The Morgan fingerprint density at radius 2 is 2.08 bits per heavy atom. The monoisotopic (exact) mass is 379 g/mol. The Hall–Kier alpha value is -1.83. The molecule has 0 radical (unpaired) electrons. The molecule has 1 heterocycles. The molecule has 0 unspecified atom stereocenters. The first-order chi connectivity index (χ1) is 12.1. The van der Waals surface area contributed by atoms with Crippen molar-refractivity contribution in [1.82, 2.24) is 9.55 Å². The minimum atomic E-state index is -0.365. The third-order valence-electron chi connectivity index (χ3n) is 3.99. The van der Waals surface area contributed by atoms with Crippen LogP contribution in [0.1, 0.15) is 17.7 Å². The van der Waals surface area contributed by atoms with Gasteiger partial charge in [0.05, 0.1) is 18.9 Å². The van der Waals surface area contributed by atoms with E-state index in [4.69, 9.17) is 16.7 Å². The quantitative estimate of drug-likeness (QED) is 0.593. The molecule has 0 atom stereocenters. The number of thioether (sulfide) groups is 1. The van der Waals surface area contributed by atoms with Gasteiger partial charge in [-0.15, -0.1) is 0 Å². The SMILES string of the molecule is O=C(CSc1nc(=O)n(CCO)c2c1CCC2)Nc1ccc(Cl)cc1. The van der Waals surface area contributed by atoms with E-state index < -0.39 is 0 Å². The lowest BCUT2D eigenvalue weighted by Crippen LogP contribution is -2.28. The number of hydrogen-bond acceptors (Lipinski definition) is 5. The Morgan fingerprint density at radius 1 is 1.32 bits per heavy atom. The number of nitrogens with zero attached hydrogens (tertiary/aromatic N) is 2. The van der Waals surface area contributed by atoms with Crippen LogP contribution >= 0.6 is 23.4 Å². The molecular weight excluding hydrogens is 362 g/mol. The Balaban J connectivity index is 1.70.